The molecule has 0 aliphatic carbocycles. The average Bonchev–Trinajstić information content (AvgIpc) is 2.70. The van der Waals surface area contributed by atoms with E-state index in [0.717, 1.165) is 26.0 Å². The van der Waals surface area contributed by atoms with Crippen LogP contribution in [0.15, 0.2) is 0 Å². The molecule has 0 bridgehead atoms. The molecule has 0 radical (unpaired) electrons. The molecule has 1 fully saturated rings. The van der Waals surface area contributed by atoms with Gasteiger partial charge in [-0.05, 0) is 33.6 Å². The predicted octanol–water partition coefficient (Wildman–Crippen LogP) is 1.24. The van der Waals surface area contributed by atoms with Gasteiger partial charge in [-0.25, -0.2) is 0 Å². The maximum atomic E-state index is 5.96. The summed E-state index contributed by atoms with van der Waals surface area (Å²) >= 11 is 0. The lowest BCUT2D eigenvalue weighted by Crippen LogP contribution is -2.52. The van der Waals surface area contributed by atoms with Gasteiger partial charge in [0.05, 0.1) is 18.8 Å². The van der Waals surface area contributed by atoms with Crippen molar-refractivity contribution >= 4 is 0 Å². The van der Waals surface area contributed by atoms with Crippen LogP contribution < -0.4 is 5.73 Å². The van der Waals surface area contributed by atoms with Gasteiger partial charge < -0.3 is 15.2 Å². The highest BCUT2D eigenvalue weighted by molar-refractivity contribution is 4.87. The summed E-state index contributed by atoms with van der Waals surface area (Å²) in [4.78, 5) is 2.41. The summed E-state index contributed by atoms with van der Waals surface area (Å²) in [5.74, 6) is 0. The van der Waals surface area contributed by atoms with E-state index in [1.165, 1.54) is 0 Å². The van der Waals surface area contributed by atoms with Crippen LogP contribution in [0.5, 0.6) is 0 Å². The number of methoxy groups -OCH3 is 1. The van der Waals surface area contributed by atoms with Crippen molar-refractivity contribution in [1.82, 2.24) is 4.90 Å². The molecule has 0 amide bonds. The van der Waals surface area contributed by atoms with Gasteiger partial charge in [-0.15, -0.1) is 0 Å². The van der Waals surface area contributed by atoms with Crippen LogP contribution in [0.1, 0.15) is 33.6 Å². The molecule has 1 rings (SSSR count). The molecular weight excluding hydrogens is 216 g/mol. The van der Waals surface area contributed by atoms with Crippen LogP contribution in [0.25, 0.3) is 0 Å². The quantitative estimate of drug-likeness (QED) is 0.732. The topological polar surface area (TPSA) is 47.7 Å². The smallest absolute Gasteiger partial charge is 0.0747 e. The summed E-state index contributed by atoms with van der Waals surface area (Å²) in [6, 6.07) is 0.785. The number of hydrogen-bond donors (Lipinski definition) is 1. The van der Waals surface area contributed by atoms with Crippen LogP contribution in [0.3, 0.4) is 0 Å². The van der Waals surface area contributed by atoms with Gasteiger partial charge in [0.25, 0.3) is 0 Å². The van der Waals surface area contributed by atoms with E-state index in [-0.39, 0.29) is 6.10 Å². The Kier molecular flexibility index (Phi) is 6.41. The third-order valence-corrected chi connectivity index (χ3v) is 3.58. The molecule has 1 aliphatic heterocycles. The van der Waals surface area contributed by atoms with Crippen molar-refractivity contribution in [3.8, 4) is 0 Å². The minimum absolute atomic E-state index is 0.286. The highest BCUT2D eigenvalue weighted by Gasteiger charge is 2.33. The second-order valence-corrected chi connectivity index (χ2v) is 5.19. The summed E-state index contributed by atoms with van der Waals surface area (Å²) in [5, 5.41) is 0. The number of nitrogens with zero attached hydrogens (tertiary/aromatic N) is 1. The van der Waals surface area contributed by atoms with Gasteiger partial charge in [0.2, 0.25) is 0 Å². The Morgan fingerprint density at radius 3 is 2.53 bits per heavy atom. The molecule has 0 spiro atoms. The van der Waals surface area contributed by atoms with Gasteiger partial charge in [0.15, 0.2) is 0 Å². The zero-order chi connectivity index (χ0) is 12.8. The van der Waals surface area contributed by atoms with Crippen molar-refractivity contribution in [2.75, 3.05) is 26.8 Å². The van der Waals surface area contributed by atoms with Crippen LogP contribution in [0, 0.1) is 0 Å². The van der Waals surface area contributed by atoms with Crippen LogP contribution in [-0.2, 0) is 9.47 Å². The maximum Gasteiger partial charge on any atom is 0.0747 e. The molecule has 3 unspecified atom stereocenters. The third-order valence-electron chi connectivity index (χ3n) is 3.58. The van der Waals surface area contributed by atoms with Gasteiger partial charge in [0, 0.05) is 32.3 Å². The van der Waals surface area contributed by atoms with E-state index in [1.54, 1.807) is 7.11 Å². The van der Waals surface area contributed by atoms with Crippen molar-refractivity contribution in [3.05, 3.63) is 0 Å². The summed E-state index contributed by atoms with van der Waals surface area (Å²) in [6.45, 7) is 8.87. The standard InChI is InChI=1S/C13H28N2O2/c1-10(2)15(7-8-16-4)12(9-14)13-6-5-11(3)17-13/h10-13H,5-9,14H2,1-4H3. The molecule has 1 aliphatic rings. The molecule has 3 atom stereocenters. The highest BCUT2D eigenvalue weighted by atomic mass is 16.5. The third kappa shape index (κ3) is 4.21. The predicted molar refractivity (Wildman–Crippen MR) is 70.1 cm³/mol. The molecule has 102 valence electrons. The summed E-state index contributed by atoms with van der Waals surface area (Å²) in [5.41, 5.74) is 5.95. The van der Waals surface area contributed by atoms with Gasteiger partial charge in [-0.2, -0.15) is 0 Å². The fraction of sp³-hybridized carbons (Fsp3) is 1.00. The summed E-state index contributed by atoms with van der Waals surface area (Å²) < 4.78 is 11.1. The minimum atomic E-state index is 0.286. The lowest BCUT2D eigenvalue weighted by Gasteiger charge is -2.37. The van der Waals surface area contributed by atoms with E-state index < -0.39 is 0 Å². The number of ether oxygens (including phenoxy) is 2. The second kappa shape index (κ2) is 7.31. The first kappa shape index (κ1) is 14.9. The van der Waals surface area contributed by atoms with E-state index in [2.05, 4.69) is 25.7 Å². The van der Waals surface area contributed by atoms with Crippen molar-refractivity contribution in [3.63, 3.8) is 0 Å². The normalized spacial score (nSPS) is 27.0. The lowest BCUT2D eigenvalue weighted by molar-refractivity contribution is -0.0200. The Bertz CT molecular complexity index is 212. The monoisotopic (exact) mass is 244 g/mol. The van der Waals surface area contributed by atoms with Crippen LogP contribution in [-0.4, -0.2) is 56.0 Å². The maximum absolute atomic E-state index is 5.96. The Balaban J connectivity index is 2.60. The van der Waals surface area contributed by atoms with E-state index in [9.17, 15) is 0 Å². The molecule has 4 heteroatoms. The van der Waals surface area contributed by atoms with Crippen LogP contribution in [0.2, 0.25) is 0 Å². The number of rotatable bonds is 7. The van der Waals surface area contributed by atoms with E-state index in [0.29, 0.717) is 24.7 Å². The van der Waals surface area contributed by atoms with Crippen LogP contribution in [0.4, 0.5) is 0 Å². The fourth-order valence-electron chi connectivity index (χ4n) is 2.62. The first-order valence-corrected chi connectivity index (χ1v) is 6.70. The molecule has 0 aromatic heterocycles. The Hall–Kier alpha value is -0.160. The average molecular weight is 244 g/mol. The SMILES string of the molecule is COCCN(C(C)C)C(CN)C1CCC(C)O1. The van der Waals surface area contributed by atoms with Crippen molar-refractivity contribution in [2.24, 2.45) is 5.73 Å². The summed E-state index contributed by atoms with van der Waals surface area (Å²) in [7, 11) is 1.74. The number of hydrogen-bond acceptors (Lipinski definition) is 4. The van der Waals surface area contributed by atoms with Crippen molar-refractivity contribution in [2.45, 2.75) is 57.9 Å². The fourth-order valence-corrected chi connectivity index (χ4v) is 2.62. The molecule has 0 aromatic carbocycles. The van der Waals surface area contributed by atoms with Gasteiger partial charge in [-0.3, -0.25) is 4.90 Å². The zero-order valence-electron chi connectivity index (χ0n) is 11.7. The second-order valence-electron chi connectivity index (χ2n) is 5.19. The van der Waals surface area contributed by atoms with E-state index >= 15 is 0 Å². The Labute approximate surface area is 105 Å². The molecular formula is C13H28N2O2. The Morgan fingerprint density at radius 2 is 2.12 bits per heavy atom. The van der Waals surface area contributed by atoms with Crippen molar-refractivity contribution in [1.29, 1.82) is 0 Å². The van der Waals surface area contributed by atoms with E-state index in [1.807, 2.05) is 0 Å². The van der Waals surface area contributed by atoms with Gasteiger partial charge in [-0.1, -0.05) is 0 Å². The first-order valence-electron chi connectivity index (χ1n) is 6.70. The highest BCUT2D eigenvalue weighted by Crippen LogP contribution is 2.25. The van der Waals surface area contributed by atoms with Crippen LogP contribution >= 0.6 is 0 Å². The Morgan fingerprint density at radius 1 is 1.41 bits per heavy atom. The molecule has 1 heterocycles. The first-order chi connectivity index (χ1) is 8.10. The van der Waals surface area contributed by atoms with Gasteiger partial charge in [0.1, 0.15) is 0 Å². The number of nitrogens with two attached hydrogens (primary N) is 1. The largest absolute Gasteiger partial charge is 0.383 e. The minimum Gasteiger partial charge on any atom is -0.383 e. The lowest BCUT2D eigenvalue weighted by atomic mass is 10.0. The molecule has 2 N–H and O–H groups in total. The van der Waals surface area contributed by atoms with Crippen molar-refractivity contribution < 1.29 is 9.47 Å². The molecule has 17 heavy (non-hydrogen) atoms. The zero-order valence-corrected chi connectivity index (χ0v) is 11.7. The summed E-state index contributed by atoms with van der Waals surface area (Å²) in [6.07, 6.45) is 2.94. The molecule has 4 nitrogen and oxygen atoms in total. The van der Waals surface area contributed by atoms with E-state index in [4.69, 9.17) is 15.2 Å². The molecule has 0 saturated carbocycles. The molecule has 1 saturated heterocycles. The van der Waals surface area contributed by atoms with Gasteiger partial charge >= 0.3 is 0 Å². The molecule has 0 aromatic rings.